The second-order valence-electron chi connectivity index (χ2n) is 10.1. The molecule has 1 fully saturated rings. The zero-order valence-electron chi connectivity index (χ0n) is 19.7. The number of benzene rings is 2. The summed E-state index contributed by atoms with van der Waals surface area (Å²) < 4.78 is 11.5. The first-order valence-electron chi connectivity index (χ1n) is 12.4. The van der Waals surface area contributed by atoms with Gasteiger partial charge in [0.1, 0.15) is 12.0 Å². The number of carbonyl (C=O) groups is 2. The fourth-order valence-corrected chi connectivity index (χ4v) is 6.38. The maximum atomic E-state index is 12.3. The second kappa shape index (κ2) is 9.61. The van der Waals surface area contributed by atoms with Crippen LogP contribution in [0.3, 0.4) is 0 Å². The van der Waals surface area contributed by atoms with Gasteiger partial charge in [-0.15, -0.1) is 0 Å². The third kappa shape index (κ3) is 4.31. The highest BCUT2D eigenvalue weighted by atomic mass is 35.5. The van der Waals surface area contributed by atoms with Crippen molar-refractivity contribution in [3.05, 3.63) is 58.1 Å². The Labute approximate surface area is 206 Å². The molecule has 0 saturated heterocycles. The van der Waals surface area contributed by atoms with Crippen LogP contribution in [0, 0.1) is 11.8 Å². The van der Waals surface area contributed by atoms with Gasteiger partial charge < -0.3 is 19.2 Å². The van der Waals surface area contributed by atoms with Crippen molar-refractivity contribution in [2.45, 2.75) is 50.4 Å². The summed E-state index contributed by atoms with van der Waals surface area (Å²) in [5.41, 5.74) is 4.01. The van der Waals surface area contributed by atoms with Crippen molar-refractivity contribution in [1.29, 1.82) is 0 Å². The van der Waals surface area contributed by atoms with Gasteiger partial charge in [0, 0.05) is 29.9 Å². The van der Waals surface area contributed by atoms with Crippen molar-refractivity contribution < 1.29 is 19.1 Å². The molecule has 5 rings (SSSR count). The van der Waals surface area contributed by atoms with Crippen molar-refractivity contribution in [3.63, 3.8) is 0 Å². The summed E-state index contributed by atoms with van der Waals surface area (Å²) in [5.74, 6) is 1.59. The lowest BCUT2D eigenvalue weighted by atomic mass is 9.69. The van der Waals surface area contributed by atoms with E-state index in [1.54, 1.807) is 6.07 Å². The molecule has 0 aromatic heterocycles. The number of halogens is 1. The molecule has 1 saturated carbocycles. The van der Waals surface area contributed by atoms with E-state index in [4.69, 9.17) is 21.1 Å². The molecular formula is C28H32ClNO4. The Hall–Kier alpha value is -2.53. The number of esters is 1. The molecule has 2 aromatic rings. The summed E-state index contributed by atoms with van der Waals surface area (Å²) in [7, 11) is 1.41. The predicted molar refractivity (Wildman–Crippen MR) is 133 cm³/mol. The first-order valence-corrected chi connectivity index (χ1v) is 12.7. The summed E-state index contributed by atoms with van der Waals surface area (Å²) in [6, 6.07) is 11.9. The standard InChI is InChI=1S/C28H32ClNO4/c1-33-27(32)21-8-11-26-25(15-21)30(16-22-7-6-19(22)5-3-13-31)17-28(18-34-26)12-2-4-20-14-23(29)9-10-24(20)28/h8-11,13-15,19,22H,2-7,12,16-18H2,1H3/t19-,22+,28?/m1/s1. The largest absolute Gasteiger partial charge is 0.490 e. The van der Waals surface area contributed by atoms with Gasteiger partial charge in [-0.1, -0.05) is 17.7 Å². The van der Waals surface area contributed by atoms with Crippen molar-refractivity contribution in [3.8, 4) is 5.75 Å². The molecule has 0 N–H and O–H groups in total. The number of hydrogen-bond donors (Lipinski definition) is 0. The number of aryl methyl sites for hydroxylation is 1. The Morgan fingerprint density at radius 1 is 1.24 bits per heavy atom. The summed E-state index contributed by atoms with van der Waals surface area (Å²) >= 11 is 6.34. The van der Waals surface area contributed by atoms with Crippen molar-refractivity contribution in [2.24, 2.45) is 11.8 Å². The molecule has 1 unspecified atom stereocenters. The maximum absolute atomic E-state index is 12.3. The molecule has 5 nitrogen and oxygen atoms in total. The van der Waals surface area contributed by atoms with Gasteiger partial charge >= 0.3 is 5.97 Å². The minimum absolute atomic E-state index is 0.134. The van der Waals surface area contributed by atoms with Crippen LogP contribution >= 0.6 is 11.6 Å². The third-order valence-corrected chi connectivity index (χ3v) is 8.38. The second-order valence-corrected chi connectivity index (χ2v) is 10.6. The van der Waals surface area contributed by atoms with E-state index in [2.05, 4.69) is 17.0 Å². The highest BCUT2D eigenvalue weighted by Gasteiger charge is 2.43. The van der Waals surface area contributed by atoms with Gasteiger partial charge in [0.15, 0.2) is 0 Å². The van der Waals surface area contributed by atoms with E-state index in [1.807, 2.05) is 18.2 Å². The van der Waals surface area contributed by atoms with E-state index in [9.17, 15) is 9.59 Å². The summed E-state index contributed by atoms with van der Waals surface area (Å²) in [6.07, 6.45) is 8.16. The zero-order chi connectivity index (χ0) is 23.7. The molecule has 1 heterocycles. The van der Waals surface area contributed by atoms with E-state index >= 15 is 0 Å². The minimum atomic E-state index is -0.341. The Balaban J connectivity index is 1.52. The number of anilines is 1. The average molecular weight is 482 g/mol. The summed E-state index contributed by atoms with van der Waals surface area (Å²) in [4.78, 5) is 25.7. The Morgan fingerprint density at radius 2 is 2.09 bits per heavy atom. The normalized spacial score (nSPS) is 25.4. The first-order chi connectivity index (χ1) is 16.5. The van der Waals surface area contributed by atoms with Gasteiger partial charge in [-0.05, 0) is 91.8 Å². The van der Waals surface area contributed by atoms with Crippen LogP contribution in [0.1, 0.15) is 60.0 Å². The summed E-state index contributed by atoms with van der Waals surface area (Å²) in [5, 5.41) is 0.778. The number of carbonyl (C=O) groups excluding carboxylic acids is 2. The van der Waals surface area contributed by atoms with Gasteiger partial charge in [-0.3, -0.25) is 0 Å². The lowest BCUT2D eigenvalue weighted by molar-refractivity contribution is -0.108. The predicted octanol–water partition coefficient (Wildman–Crippen LogP) is 5.61. The van der Waals surface area contributed by atoms with Gasteiger partial charge in [0.05, 0.1) is 25.0 Å². The van der Waals surface area contributed by atoms with Gasteiger partial charge in [0.25, 0.3) is 0 Å². The van der Waals surface area contributed by atoms with Crippen molar-refractivity contribution >= 4 is 29.5 Å². The van der Waals surface area contributed by atoms with Gasteiger partial charge in [0.2, 0.25) is 0 Å². The molecule has 180 valence electrons. The Bertz CT molecular complexity index is 1090. The molecule has 2 aromatic carbocycles. The average Bonchev–Trinajstić information content (AvgIpc) is 2.98. The molecule has 3 aliphatic rings. The lowest BCUT2D eigenvalue weighted by Crippen LogP contribution is -2.48. The molecule has 1 spiro atoms. The maximum Gasteiger partial charge on any atom is 0.337 e. The minimum Gasteiger partial charge on any atom is -0.490 e. The van der Waals surface area contributed by atoms with E-state index in [-0.39, 0.29) is 11.4 Å². The highest BCUT2D eigenvalue weighted by Crippen LogP contribution is 2.46. The molecule has 34 heavy (non-hydrogen) atoms. The molecule has 0 bridgehead atoms. The fourth-order valence-electron chi connectivity index (χ4n) is 6.18. The van der Waals surface area contributed by atoms with Crippen molar-refractivity contribution in [1.82, 2.24) is 0 Å². The number of rotatable bonds is 6. The topological polar surface area (TPSA) is 55.8 Å². The van der Waals surface area contributed by atoms with E-state index in [0.717, 1.165) is 61.5 Å². The smallest absolute Gasteiger partial charge is 0.337 e. The monoisotopic (exact) mass is 481 g/mol. The molecule has 1 aliphatic heterocycles. The van der Waals surface area contributed by atoms with E-state index in [1.165, 1.54) is 31.1 Å². The van der Waals surface area contributed by atoms with Gasteiger partial charge in [-0.2, -0.15) is 0 Å². The molecule has 6 heteroatoms. The van der Waals surface area contributed by atoms with E-state index < -0.39 is 0 Å². The molecule has 0 radical (unpaired) electrons. The zero-order valence-corrected chi connectivity index (χ0v) is 20.5. The number of methoxy groups -OCH3 is 1. The van der Waals surface area contributed by atoms with Crippen LogP contribution < -0.4 is 9.64 Å². The third-order valence-electron chi connectivity index (χ3n) is 8.14. The first kappa shape index (κ1) is 23.2. The quantitative estimate of drug-likeness (QED) is 0.396. The number of nitrogens with zero attached hydrogens (tertiary/aromatic N) is 1. The molecular weight excluding hydrogens is 450 g/mol. The van der Waals surface area contributed by atoms with Crippen LogP contribution in [0.4, 0.5) is 5.69 Å². The fraction of sp³-hybridized carbons (Fsp3) is 0.500. The van der Waals surface area contributed by atoms with Crippen LogP contribution in [0.15, 0.2) is 36.4 Å². The van der Waals surface area contributed by atoms with Crippen molar-refractivity contribution in [2.75, 3.05) is 31.7 Å². The lowest BCUT2D eigenvalue weighted by Gasteiger charge is -2.44. The van der Waals surface area contributed by atoms with Crippen LogP contribution in [0.2, 0.25) is 5.02 Å². The molecule has 0 amide bonds. The number of fused-ring (bicyclic) bond motifs is 3. The number of ether oxygens (including phenoxy) is 2. The van der Waals surface area contributed by atoms with Crippen LogP contribution in [-0.2, 0) is 21.4 Å². The van der Waals surface area contributed by atoms with Crippen LogP contribution in [0.25, 0.3) is 0 Å². The van der Waals surface area contributed by atoms with Crippen LogP contribution in [0.5, 0.6) is 5.75 Å². The van der Waals surface area contributed by atoms with E-state index in [0.29, 0.717) is 30.4 Å². The molecule has 2 aliphatic carbocycles. The van der Waals surface area contributed by atoms with Crippen LogP contribution in [-0.4, -0.2) is 39.1 Å². The highest BCUT2D eigenvalue weighted by molar-refractivity contribution is 6.30. The Morgan fingerprint density at radius 3 is 2.85 bits per heavy atom. The SMILES string of the molecule is COC(=O)c1ccc2c(c1)N(C[C@@H]1CC[C@H]1CCC=O)CC1(CCCc3cc(Cl)ccc31)CO2. The number of hydrogen-bond acceptors (Lipinski definition) is 5. The Kier molecular flexibility index (Phi) is 6.57. The molecule has 3 atom stereocenters. The summed E-state index contributed by atoms with van der Waals surface area (Å²) in [6.45, 7) is 2.33. The number of aldehydes is 1. The van der Waals surface area contributed by atoms with Gasteiger partial charge in [-0.25, -0.2) is 4.79 Å².